The number of nitrogens with zero attached hydrogens (tertiary/aromatic N) is 3. The van der Waals surface area contributed by atoms with Gasteiger partial charge < -0.3 is 4.90 Å². The van der Waals surface area contributed by atoms with Crippen molar-refractivity contribution in [3.8, 4) is 0 Å². The molecule has 0 N–H and O–H groups in total. The summed E-state index contributed by atoms with van der Waals surface area (Å²) in [6, 6.07) is 4.62. The minimum absolute atomic E-state index is 0.360. The van der Waals surface area contributed by atoms with Crippen molar-refractivity contribution in [2.45, 2.75) is 38.6 Å². The maximum absolute atomic E-state index is 4.86. The highest BCUT2D eigenvalue weighted by Gasteiger charge is 2.25. The minimum atomic E-state index is 0.360. The van der Waals surface area contributed by atoms with Gasteiger partial charge in [0.1, 0.15) is 0 Å². The van der Waals surface area contributed by atoms with Crippen LogP contribution in [0.5, 0.6) is 0 Å². The Morgan fingerprint density at radius 3 is 2.63 bits per heavy atom. The third kappa shape index (κ3) is 2.57. The summed E-state index contributed by atoms with van der Waals surface area (Å²) < 4.78 is 0. The Balaban J connectivity index is 1.84. The smallest absolute Gasteiger partial charge is 0.0866 e. The van der Waals surface area contributed by atoms with Gasteiger partial charge in [0.25, 0.3) is 0 Å². The second kappa shape index (κ2) is 5.04. The Morgan fingerprint density at radius 1 is 1.21 bits per heavy atom. The van der Waals surface area contributed by atoms with Gasteiger partial charge in [-0.25, -0.2) is 0 Å². The first-order chi connectivity index (χ1) is 9.13. The van der Waals surface area contributed by atoms with Gasteiger partial charge in [-0.2, -0.15) is 0 Å². The summed E-state index contributed by atoms with van der Waals surface area (Å²) in [5.74, 6) is 1.19. The van der Waals surface area contributed by atoms with Gasteiger partial charge in [-0.15, -0.1) is 0 Å². The van der Waals surface area contributed by atoms with Crippen molar-refractivity contribution < 1.29 is 0 Å². The van der Waals surface area contributed by atoms with Crippen LogP contribution in [0.1, 0.15) is 38.3 Å². The predicted octanol–water partition coefficient (Wildman–Crippen LogP) is 1.33. The van der Waals surface area contributed by atoms with Crippen molar-refractivity contribution in [1.29, 1.82) is 0 Å². The summed E-state index contributed by atoms with van der Waals surface area (Å²) in [5.41, 5.74) is 1.18. The van der Waals surface area contributed by atoms with Crippen LogP contribution < -0.4 is 10.7 Å². The van der Waals surface area contributed by atoms with Crippen LogP contribution in [0, 0.1) is 5.92 Å². The molecule has 0 bridgehead atoms. The van der Waals surface area contributed by atoms with Crippen LogP contribution in [0.25, 0.3) is 6.08 Å². The quantitative estimate of drug-likeness (QED) is 0.799. The molecule has 3 rings (SSSR count). The topological polar surface area (TPSA) is 28.5 Å². The molecule has 1 atom stereocenters. The zero-order chi connectivity index (χ0) is 13.4. The number of rotatable bonds is 2. The second-order valence-corrected chi connectivity index (χ2v) is 6.22. The van der Waals surface area contributed by atoms with E-state index in [1.54, 1.807) is 0 Å². The number of pyridine rings is 1. The largest absolute Gasteiger partial charge is 0.306 e. The lowest BCUT2D eigenvalue weighted by atomic mass is 9.90. The minimum Gasteiger partial charge on any atom is -0.306 e. The van der Waals surface area contributed by atoms with E-state index in [1.807, 2.05) is 0 Å². The summed E-state index contributed by atoms with van der Waals surface area (Å²) in [7, 11) is 2.21. The van der Waals surface area contributed by atoms with Crippen molar-refractivity contribution in [2.75, 3.05) is 20.1 Å². The normalized spacial score (nSPS) is 24.1. The van der Waals surface area contributed by atoms with E-state index in [0.717, 1.165) is 10.7 Å². The Bertz CT molecular complexity index is 568. The average Bonchev–Trinajstić information content (AvgIpc) is 2.82. The lowest BCUT2D eigenvalue weighted by molar-refractivity contribution is 0.213. The highest BCUT2D eigenvalue weighted by molar-refractivity contribution is 5.33. The number of piperidine rings is 1. The molecule has 19 heavy (non-hydrogen) atoms. The first-order valence-corrected chi connectivity index (χ1v) is 7.38. The summed E-state index contributed by atoms with van der Waals surface area (Å²) in [5, 5.41) is 2.20. The van der Waals surface area contributed by atoms with Crippen LogP contribution in [0.3, 0.4) is 0 Å². The first-order valence-electron chi connectivity index (χ1n) is 7.38. The molecule has 1 fully saturated rings. The standard InChI is InChI=1S/C16H23N3/c1-11(2)13-4-5-14-16(17-13)10-15(18-14)12-6-8-19(3)9-7-12/h4-5,10-12,15H,6-9H2,1-3H3. The molecule has 0 radical (unpaired) electrons. The molecular formula is C16H23N3. The Labute approximate surface area is 115 Å². The molecule has 1 aromatic rings. The Morgan fingerprint density at radius 2 is 1.95 bits per heavy atom. The molecule has 102 valence electrons. The van der Waals surface area contributed by atoms with Crippen LogP contribution in [0.2, 0.25) is 0 Å². The molecule has 1 aromatic heterocycles. The van der Waals surface area contributed by atoms with E-state index in [0.29, 0.717) is 17.9 Å². The summed E-state index contributed by atoms with van der Waals surface area (Å²) in [4.78, 5) is 12.0. The number of aromatic nitrogens is 1. The van der Waals surface area contributed by atoms with E-state index in [9.17, 15) is 0 Å². The van der Waals surface area contributed by atoms with E-state index in [4.69, 9.17) is 9.98 Å². The van der Waals surface area contributed by atoms with Gasteiger partial charge >= 0.3 is 0 Å². The fourth-order valence-electron chi connectivity index (χ4n) is 3.01. The fraction of sp³-hybridized carbons (Fsp3) is 0.625. The molecule has 1 unspecified atom stereocenters. The van der Waals surface area contributed by atoms with E-state index in [1.165, 1.54) is 31.6 Å². The second-order valence-electron chi connectivity index (χ2n) is 6.22. The Hall–Kier alpha value is -1.22. The van der Waals surface area contributed by atoms with Crippen LogP contribution >= 0.6 is 0 Å². The molecule has 1 saturated heterocycles. The molecule has 2 aliphatic heterocycles. The van der Waals surface area contributed by atoms with Gasteiger partial charge in [-0.05, 0) is 63.0 Å². The fourth-order valence-corrected chi connectivity index (χ4v) is 3.01. The monoisotopic (exact) mass is 257 g/mol. The van der Waals surface area contributed by atoms with Crippen molar-refractivity contribution in [3.63, 3.8) is 0 Å². The third-order valence-corrected chi connectivity index (χ3v) is 4.38. The zero-order valence-corrected chi connectivity index (χ0v) is 12.1. The van der Waals surface area contributed by atoms with Gasteiger partial charge in [0, 0.05) is 5.69 Å². The lowest BCUT2D eigenvalue weighted by Crippen LogP contribution is -2.34. The highest BCUT2D eigenvalue weighted by Crippen LogP contribution is 2.23. The Kier molecular flexibility index (Phi) is 3.40. The van der Waals surface area contributed by atoms with E-state index in [-0.39, 0.29) is 0 Å². The van der Waals surface area contributed by atoms with Crippen molar-refractivity contribution in [2.24, 2.45) is 10.9 Å². The number of hydrogen-bond donors (Lipinski definition) is 0. The predicted molar refractivity (Wildman–Crippen MR) is 77.6 cm³/mol. The molecule has 0 amide bonds. The lowest BCUT2D eigenvalue weighted by Gasteiger charge is -2.30. The number of hydrogen-bond acceptors (Lipinski definition) is 3. The van der Waals surface area contributed by atoms with Crippen LogP contribution in [-0.2, 0) is 0 Å². The molecule has 3 nitrogen and oxygen atoms in total. The molecule has 3 heteroatoms. The summed E-state index contributed by atoms with van der Waals surface area (Å²) in [6.45, 7) is 6.78. The van der Waals surface area contributed by atoms with Gasteiger partial charge in [-0.1, -0.05) is 13.8 Å². The van der Waals surface area contributed by atoms with Crippen LogP contribution in [0.4, 0.5) is 0 Å². The molecule has 0 aromatic carbocycles. The van der Waals surface area contributed by atoms with E-state index >= 15 is 0 Å². The molecule has 0 spiro atoms. The molecular weight excluding hydrogens is 234 g/mol. The highest BCUT2D eigenvalue weighted by atomic mass is 15.1. The van der Waals surface area contributed by atoms with Crippen molar-refractivity contribution >= 4 is 6.08 Å². The first kappa shape index (κ1) is 12.8. The average molecular weight is 257 g/mol. The van der Waals surface area contributed by atoms with Gasteiger partial charge in [-0.3, -0.25) is 9.98 Å². The van der Waals surface area contributed by atoms with Crippen LogP contribution in [0.15, 0.2) is 17.1 Å². The number of likely N-dealkylation sites (tertiary alicyclic amines) is 1. The van der Waals surface area contributed by atoms with E-state index < -0.39 is 0 Å². The molecule has 0 saturated carbocycles. The van der Waals surface area contributed by atoms with E-state index in [2.05, 4.69) is 44.0 Å². The zero-order valence-electron chi connectivity index (χ0n) is 12.1. The summed E-state index contributed by atoms with van der Waals surface area (Å²) in [6.07, 6.45) is 4.80. The molecule has 3 heterocycles. The third-order valence-electron chi connectivity index (χ3n) is 4.38. The van der Waals surface area contributed by atoms with Crippen LogP contribution in [-0.4, -0.2) is 36.1 Å². The maximum Gasteiger partial charge on any atom is 0.0866 e. The van der Waals surface area contributed by atoms with Gasteiger partial charge in [0.15, 0.2) is 0 Å². The molecule has 0 aliphatic carbocycles. The van der Waals surface area contributed by atoms with Gasteiger partial charge in [0.2, 0.25) is 0 Å². The SMILES string of the molecule is CC(C)c1ccc2c(n1)=CC(C1CCN(C)CC1)N=2. The van der Waals surface area contributed by atoms with Gasteiger partial charge in [0.05, 0.1) is 16.7 Å². The maximum atomic E-state index is 4.86. The van der Waals surface area contributed by atoms with Crippen molar-refractivity contribution in [3.05, 3.63) is 28.5 Å². The summed E-state index contributed by atoms with van der Waals surface area (Å²) >= 11 is 0. The molecule has 2 aliphatic rings. The van der Waals surface area contributed by atoms with Crippen molar-refractivity contribution in [1.82, 2.24) is 9.88 Å². The number of fused-ring (bicyclic) bond motifs is 1.